The molecule has 2 N–H and O–H groups in total. The number of benzene rings is 2. The molecule has 0 radical (unpaired) electrons. The van der Waals surface area contributed by atoms with Crippen molar-refractivity contribution in [2.75, 3.05) is 17.2 Å². The maximum atomic E-state index is 11.9. The van der Waals surface area contributed by atoms with Crippen molar-refractivity contribution in [2.45, 2.75) is 13.8 Å². The highest BCUT2D eigenvalue weighted by Gasteiger charge is 2.07. The SMILES string of the molecule is CCOC(=O)c1ccc(NC(=O)Nc2cccc(C)c2)cc1. The van der Waals surface area contributed by atoms with Crippen LogP contribution in [0, 0.1) is 6.92 Å². The van der Waals surface area contributed by atoms with Crippen molar-refractivity contribution < 1.29 is 14.3 Å². The number of hydrogen-bond donors (Lipinski definition) is 2. The van der Waals surface area contributed by atoms with Crippen molar-refractivity contribution >= 4 is 23.4 Å². The summed E-state index contributed by atoms with van der Waals surface area (Å²) in [7, 11) is 0. The van der Waals surface area contributed by atoms with Crippen LogP contribution in [0.5, 0.6) is 0 Å². The van der Waals surface area contributed by atoms with E-state index in [4.69, 9.17) is 4.74 Å². The Kier molecular flexibility index (Phi) is 5.14. The molecule has 0 aliphatic carbocycles. The third-order valence-electron chi connectivity index (χ3n) is 2.93. The third kappa shape index (κ3) is 4.34. The molecule has 22 heavy (non-hydrogen) atoms. The topological polar surface area (TPSA) is 67.4 Å². The molecule has 2 aromatic carbocycles. The molecule has 2 amide bonds. The summed E-state index contributed by atoms with van der Waals surface area (Å²) in [5.41, 5.74) is 2.84. The number of carbonyl (C=O) groups excluding carboxylic acids is 2. The van der Waals surface area contributed by atoms with Crippen LogP contribution in [0.3, 0.4) is 0 Å². The van der Waals surface area contributed by atoms with Gasteiger partial charge >= 0.3 is 12.0 Å². The summed E-state index contributed by atoms with van der Waals surface area (Å²) in [5.74, 6) is -0.377. The lowest BCUT2D eigenvalue weighted by Gasteiger charge is -2.08. The molecule has 0 saturated heterocycles. The van der Waals surface area contributed by atoms with Crippen LogP contribution < -0.4 is 10.6 Å². The van der Waals surface area contributed by atoms with Gasteiger partial charge in [-0.1, -0.05) is 12.1 Å². The lowest BCUT2D eigenvalue weighted by Crippen LogP contribution is -2.19. The number of urea groups is 1. The van der Waals surface area contributed by atoms with Gasteiger partial charge in [0, 0.05) is 11.4 Å². The molecule has 0 aromatic heterocycles. The van der Waals surface area contributed by atoms with E-state index in [2.05, 4.69) is 10.6 Å². The average molecular weight is 298 g/mol. The number of aryl methyl sites for hydroxylation is 1. The van der Waals surface area contributed by atoms with Crippen LogP contribution >= 0.6 is 0 Å². The molecule has 2 rings (SSSR count). The van der Waals surface area contributed by atoms with Crippen LogP contribution in [-0.2, 0) is 4.74 Å². The van der Waals surface area contributed by atoms with E-state index in [1.54, 1.807) is 31.2 Å². The zero-order chi connectivity index (χ0) is 15.9. The first kappa shape index (κ1) is 15.6. The van der Waals surface area contributed by atoms with Gasteiger partial charge in [0.2, 0.25) is 0 Å². The number of anilines is 2. The normalized spacial score (nSPS) is 9.91. The number of rotatable bonds is 4. The first-order valence-electron chi connectivity index (χ1n) is 7.00. The lowest BCUT2D eigenvalue weighted by atomic mass is 10.2. The molecule has 0 heterocycles. The Bertz CT molecular complexity index is 666. The van der Waals surface area contributed by atoms with Gasteiger partial charge in [0.1, 0.15) is 0 Å². The summed E-state index contributed by atoms with van der Waals surface area (Å²) in [4.78, 5) is 23.4. The molecule has 5 nitrogen and oxygen atoms in total. The molecule has 0 fully saturated rings. The van der Waals surface area contributed by atoms with Gasteiger partial charge in [-0.15, -0.1) is 0 Å². The van der Waals surface area contributed by atoms with E-state index < -0.39 is 0 Å². The number of amides is 2. The quantitative estimate of drug-likeness (QED) is 0.843. The third-order valence-corrected chi connectivity index (χ3v) is 2.93. The van der Waals surface area contributed by atoms with Crippen LogP contribution in [-0.4, -0.2) is 18.6 Å². The Morgan fingerprint density at radius 2 is 1.68 bits per heavy atom. The summed E-state index contributed by atoms with van der Waals surface area (Å²) in [6, 6.07) is 13.7. The fourth-order valence-electron chi connectivity index (χ4n) is 1.92. The monoisotopic (exact) mass is 298 g/mol. The summed E-state index contributed by atoms with van der Waals surface area (Å²) >= 11 is 0. The number of nitrogens with one attached hydrogen (secondary N) is 2. The number of carbonyl (C=O) groups is 2. The van der Waals surface area contributed by atoms with Gasteiger partial charge in [0.05, 0.1) is 12.2 Å². The van der Waals surface area contributed by atoms with Crippen molar-refractivity contribution in [2.24, 2.45) is 0 Å². The maximum absolute atomic E-state index is 11.9. The largest absolute Gasteiger partial charge is 0.462 e. The van der Waals surface area contributed by atoms with Gasteiger partial charge < -0.3 is 15.4 Å². The van der Waals surface area contributed by atoms with E-state index in [9.17, 15) is 9.59 Å². The minimum Gasteiger partial charge on any atom is -0.462 e. The second-order valence-electron chi connectivity index (χ2n) is 4.75. The summed E-state index contributed by atoms with van der Waals surface area (Å²) < 4.78 is 4.90. The molecule has 114 valence electrons. The van der Waals surface area contributed by atoms with Gasteiger partial charge in [-0.3, -0.25) is 0 Å². The minimum absolute atomic E-state index is 0.331. The molecular weight excluding hydrogens is 280 g/mol. The maximum Gasteiger partial charge on any atom is 0.338 e. The van der Waals surface area contributed by atoms with Crippen LogP contribution in [0.25, 0.3) is 0 Å². The van der Waals surface area contributed by atoms with Crippen molar-refractivity contribution in [3.63, 3.8) is 0 Å². The van der Waals surface area contributed by atoms with Gasteiger partial charge in [-0.25, -0.2) is 9.59 Å². The van der Waals surface area contributed by atoms with Gasteiger partial charge in [-0.05, 0) is 55.8 Å². The number of ether oxygens (including phenoxy) is 1. The molecule has 0 aliphatic rings. The highest BCUT2D eigenvalue weighted by atomic mass is 16.5. The van der Waals surface area contributed by atoms with Crippen LogP contribution in [0.2, 0.25) is 0 Å². The van der Waals surface area contributed by atoms with E-state index in [1.807, 2.05) is 31.2 Å². The van der Waals surface area contributed by atoms with Crippen LogP contribution in [0.4, 0.5) is 16.2 Å². The smallest absolute Gasteiger partial charge is 0.338 e. The molecule has 0 aliphatic heterocycles. The highest BCUT2D eigenvalue weighted by Crippen LogP contribution is 2.13. The van der Waals surface area contributed by atoms with Gasteiger partial charge in [0.25, 0.3) is 0 Å². The second kappa shape index (κ2) is 7.26. The summed E-state index contributed by atoms with van der Waals surface area (Å²) in [6.07, 6.45) is 0. The molecule has 0 saturated carbocycles. The van der Waals surface area contributed by atoms with Crippen molar-refractivity contribution in [1.29, 1.82) is 0 Å². The van der Waals surface area contributed by atoms with E-state index >= 15 is 0 Å². The average Bonchev–Trinajstić information content (AvgIpc) is 2.48. The zero-order valence-corrected chi connectivity index (χ0v) is 12.6. The van der Waals surface area contributed by atoms with E-state index in [0.29, 0.717) is 17.9 Å². The fourth-order valence-corrected chi connectivity index (χ4v) is 1.92. The predicted octanol–water partition coefficient (Wildman–Crippen LogP) is 3.82. The van der Waals surface area contributed by atoms with Gasteiger partial charge in [0.15, 0.2) is 0 Å². The van der Waals surface area contributed by atoms with Crippen molar-refractivity contribution in [3.8, 4) is 0 Å². The van der Waals surface area contributed by atoms with E-state index in [-0.39, 0.29) is 12.0 Å². The van der Waals surface area contributed by atoms with Crippen LogP contribution in [0.15, 0.2) is 48.5 Å². The van der Waals surface area contributed by atoms with E-state index in [1.165, 1.54) is 0 Å². The first-order chi connectivity index (χ1) is 10.6. The summed E-state index contributed by atoms with van der Waals surface area (Å²) in [5, 5.41) is 5.45. The Labute approximate surface area is 129 Å². The molecule has 5 heteroatoms. The molecule has 2 aromatic rings. The predicted molar refractivity (Wildman–Crippen MR) is 86.2 cm³/mol. The molecule has 0 unspecified atom stereocenters. The molecule has 0 spiro atoms. The Balaban J connectivity index is 1.95. The number of hydrogen-bond acceptors (Lipinski definition) is 3. The minimum atomic E-state index is -0.377. The van der Waals surface area contributed by atoms with Crippen LogP contribution in [0.1, 0.15) is 22.8 Å². The second-order valence-corrected chi connectivity index (χ2v) is 4.75. The highest BCUT2D eigenvalue weighted by molar-refractivity contribution is 6.00. The van der Waals surface area contributed by atoms with Gasteiger partial charge in [-0.2, -0.15) is 0 Å². The molecule has 0 atom stereocenters. The Morgan fingerprint density at radius 3 is 2.32 bits per heavy atom. The zero-order valence-electron chi connectivity index (χ0n) is 12.6. The van der Waals surface area contributed by atoms with Crippen molar-refractivity contribution in [3.05, 3.63) is 59.7 Å². The molecular formula is C17H18N2O3. The molecule has 0 bridgehead atoms. The lowest BCUT2D eigenvalue weighted by molar-refractivity contribution is 0.0526. The Hall–Kier alpha value is -2.82. The van der Waals surface area contributed by atoms with E-state index in [0.717, 1.165) is 11.3 Å². The first-order valence-corrected chi connectivity index (χ1v) is 7.00. The Morgan fingerprint density at radius 1 is 1.00 bits per heavy atom. The summed E-state index contributed by atoms with van der Waals surface area (Å²) in [6.45, 7) is 4.04. The van der Waals surface area contributed by atoms with Crippen molar-refractivity contribution in [1.82, 2.24) is 0 Å². The standard InChI is InChI=1S/C17H18N2O3/c1-3-22-16(20)13-7-9-14(10-8-13)18-17(21)19-15-6-4-5-12(2)11-15/h4-11H,3H2,1-2H3,(H2,18,19,21). The number of esters is 1. The fraction of sp³-hybridized carbons (Fsp3) is 0.176.